The zero-order valence-corrected chi connectivity index (χ0v) is 8.74. The molecule has 1 heterocycles. The summed E-state index contributed by atoms with van der Waals surface area (Å²) in [4.78, 5) is 9.11. The van der Waals surface area contributed by atoms with Gasteiger partial charge in [-0.05, 0) is 43.9 Å². The molecule has 0 spiro atoms. The van der Waals surface area contributed by atoms with Gasteiger partial charge < -0.3 is 0 Å². The van der Waals surface area contributed by atoms with Crippen LogP contribution in [-0.4, -0.2) is 11.0 Å². The van der Waals surface area contributed by atoms with Gasteiger partial charge in [0, 0.05) is 5.56 Å². The first kappa shape index (κ1) is 9.93. The van der Waals surface area contributed by atoms with E-state index in [2.05, 4.69) is 9.88 Å². The van der Waals surface area contributed by atoms with E-state index in [0.29, 0.717) is 17.7 Å². The smallest absolute Gasteiger partial charge is 0.168 e. The average Bonchev–Trinajstić information content (AvgIpc) is 2.64. The van der Waals surface area contributed by atoms with Gasteiger partial charge in [-0.1, -0.05) is 0 Å². The highest BCUT2D eigenvalue weighted by atomic mass is 19.1. The van der Waals surface area contributed by atoms with Crippen LogP contribution in [0.25, 0.3) is 0 Å². The quantitative estimate of drug-likeness (QED) is 0.584. The fourth-order valence-corrected chi connectivity index (χ4v) is 2.67. The molecular weight excluding hydrogens is 209 g/mol. The summed E-state index contributed by atoms with van der Waals surface area (Å²) >= 11 is 0. The second kappa shape index (κ2) is 3.37. The van der Waals surface area contributed by atoms with Gasteiger partial charge in [-0.25, -0.2) is 9.28 Å². The topological polar surface area (TPSA) is 41.8 Å². The van der Waals surface area contributed by atoms with Crippen LogP contribution >= 0.6 is 0 Å². The second-order valence-electron chi connectivity index (χ2n) is 4.35. The highest BCUT2D eigenvalue weighted by Gasteiger charge is 2.46. The number of rotatable bonds is 1. The molecule has 2 aliphatic rings. The molecule has 4 heteroatoms. The van der Waals surface area contributed by atoms with Crippen LogP contribution in [0.5, 0.6) is 0 Å². The van der Waals surface area contributed by atoms with Crippen molar-refractivity contribution in [3.8, 4) is 0 Å². The largest absolute Gasteiger partial charge is 0.254 e. The second-order valence-corrected chi connectivity index (χ2v) is 4.35. The number of halogens is 1. The van der Waals surface area contributed by atoms with Crippen LogP contribution < -0.4 is 0 Å². The molecule has 0 radical (unpaired) electrons. The lowest BCUT2D eigenvalue weighted by Gasteiger charge is -2.32. The molecule has 16 heavy (non-hydrogen) atoms. The van der Waals surface area contributed by atoms with Gasteiger partial charge in [-0.2, -0.15) is 0 Å². The Hall–Kier alpha value is -1.26. The molecule has 1 aliphatic heterocycles. The highest BCUT2D eigenvalue weighted by Crippen LogP contribution is 2.47. The minimum absolute atomic E-state index is 0.322. The minimum atomic E-state index is -0.879. The highest BCUT2D eigenvalue weighted by molar-refractivity contribution is 6.01. The normalized spacial score (nSPS) is 27.2. The third-order valence-electron chi connectivity index (χ3n) is 3.46. The molecular formula is C12H12FNO2. The standard InChI is InChI=1S/C12H12FNO2/c13-8-4-5-10-9(7-8)12(16-15)6-2-1-3-11(12)14-10/h4-5,7,15H,1-3,6H2/t12-/m1/s1. The molecule has 1 N–H and O–H groups in total. The van der Waals surface area contributed by atoms with E-state index in [1.165, 1.54) is 12.1 Å². The molecule has 0 bridgehead atoms. The Bertz CT molecular complexity index is 472. The van der Waals surface area contributed by atoms with Crippen LogP contribution in [0.2, 0.25) is 0 Å². The van der Waals surface area contributed by atoms with Gasteiger partial charge in [0.15, 0.2) is 5.60 Å². The summed E-state index contributed by atoms with van der Waals surface area (Å²) in [6, 6.07) is 4.43. The molecule has 1 saturated carbocycles. The van der Waals surface area contributed by atoms with Gasteiger partial charge in [0.05, 0.1) is 11.4 Å². The lowest BCUT2D eigenvalue weighted by molar-refractivity contribution is -0.308. The molecule has 1 aliphatic carbocycles. The molecule has 1 aromatic rings. The summed E-state index contributed by atoms with van der Waals surface area (Å²) in [6.07, 6.45) is 3.46. The average molecular weight is 221 g/mol. The van der Waals surface area contributed by atoms with Crippen LogP contribution in [0, 0.1) is 5.82 Å². The van der Waals surface area contributed by atoms with Gasteiger partial charge in [0.1, 0.15) is 5.82 Å². The Kier molecular flexibility index (Phi) is 2.09. The third kappa shape index (κ3) is 1.17. The van der Waals surface area contributed by atoms with E-state index in [1.807, 2.05) is 0 Å². The molecule has 1 fully saturated rings. The van der Waals surface area contributed by atoms with E-state index >= 15 is 0 Å². The number of hydrogen-bond acceptors (Lipinski definition) is 3. The Balaban J connectivity index is 2.18. The van der Waals surface area contributed by atoms with Crippen molar-refractivity contribution in [2.45, 2.75) is 31.3 Å². The maximum atomic E-state index is 13.2. The van der Waals surface area contributed by atoms with Crippen LogP contribution in [0.3, 0.4) is 0 Å². The van der Waals surface area contributed by atoms with Crippen LogP contribution in [0.15, 0.2) is 23.2 Å². The first-order valence-electron chi connectivity index (χ1n) is 5.47. The van der Waals surface area contributed by atoms with Crippen molar-refractivity contribution in [1.29, 1.82) is 0 Å². The van der Waals surface area contributed by atoms with Gasteiger partial charge in [0.25, 0.3) is 0 Å². The van der Waals surface area contributed by atoms with E-state index in [9.17, 15) is 9.65 Å². The SMILES string of the molecule is OO[C@@]12CCCCC1=Nc1ccc(F)cc12. The van der Waals surface area contributed by atoms with Gasteiger partial charge >= 0.3 is 0 Å². The summed E-state index contributed by atoms with van der Waals surface area (Å²) in [5.41, 5.74) is 1.31. The Labute approximate surface area is 92.5 Å². The maximum Gasteiger partial charge on any atom is 0.168 e. The van der Waals surface area contributed by atoms with E-state index in [0.717, 1.165) is 25.0 Å². The van der Waals surface area contributed by atoms with E-state index in [4.69, 9.17) is 0 Å². The predicted octanol–water partition coefficient (Wildman–Crippen LogP) is 3.17. The Morgan fingerprint density at radius 3 is 3.06 bits per heavy atom. The molecule has 0 amide bonds. The molecule has 1 aromatic carbocycles. The lowest BCUT2D eigenvalue weighted by Crippen LogP contribution is -2.38. The van der Waals surface area contributed by atoms with Crippen molar-refractivity contribution in [2.75, 3.05) is 0 Å². The molecule has 0 aromatic heterocycles. The van der Waals surface area contributed by atoms with Crippen LogP contribution in [0.1, 0.15) is 31.2 Å². The molecule has 0 unspecified atom stereocenters. The summed E-state index contributed by atoms with van der Waals surface area (Å²) < 4.78 is 13.2. The van der Waals surface area contributed by atoms with Crippen LogP contribution in [-0.2, 0) is 10.5 Å². The fraction of sp³-hybridized carbons (Fsp3) is 0.417. The number of fused-ring (bicyclic) bond motifs is 3. The zero-order valence-electron chi connectivity index (χ0n) is 8.74. The monoisotopic (exact) mass is 221 g/mol. The predicted molar refractivity (Wildman–Crippen MR) is 57.4 cm³/mol. The summed E-state index contributed by atoms with van der Waals surface area (Å²) in [6.45, 7) is 0. The minimum Gasteiger partial charge on any atom is -0.254 e. The summed E-state index contributed by atoms with van der Waals surface area (Å²) in [5, 5.41) is 9.19. The van der Waals surface area contributed by atoms with Gasteiger partial charge in [0.2, 0.25) is 0 Å². The molecule has 84 valence electrons. The van der Waals surface area contributed by atoms with Crippen molar-refractivity contribution in [3.63, 3.8) is 0 Å². The Morgan fingerprint density at radius 2 is 2.25 bits per heavy atom. The molecule has 3 rings (SSSR count). The van der Waals surface area contributed by atoms with E-state index in [-0.39, 0.29) is 5.82 Å². The number of benzene rings is 1. The summed E-state index contributed by atoms with van der Waals surface area (Å²) in [7, 11) is 0. The van der Waals surface area contributed by atoms with Crippen molar-refractivity contribution in [2.24, 2.45) is 4.99 Å². The Morgan fingerprint density at radius 1 is 1.38 bits per heavy atom. The van der Waals surface area contributed by atoms with E-state index in [1.54, 1.807) is 6.07 Å². The van der Waals surface area contributed by atoms with Gasteiger partial charge in [-0.3, -0.25) is 10.2 Å². The van der Waals surface area contributed by atoms with Crippen molar-refractivity contribution >= 4 is 11.4 Å². The van der Waals surface area contributed by atoms with Crippen molar-refractivity contribution in [3.05, 3.63) is 29.6 Å². The molecule has 1 atom stereocenters. The van der Waals surface area contributed by atoms with Crippen LogP contribution in [0.4, 0.5) is 10.1 Å². The number of nitrogens with zero attached hydrogens (tertiary/aromatic N) is 1. The number of hydrogen-bond donors (Lipinski definition) is 1. The number of aliphatic imine (C=N–C) groups is 1. The third-order valence-corrected chi connectivity index (χ3v) is 3.46. The summed E-state index contributed by atoms with van der Waals surface area (Å²) in [5.74, 6) is -0.322. The maximum absolute atomic E-state index is 13.2. The molecule has 0 saturated heterocycles. The first-order chi connectivity index (χ1) is 7.76. The van der Waals surface area contributed by atoms with Crippen molar-refractivity contribution in [1.82, 2.24) is 0 Å². The fourth-order valence-electron chi connectivity index (χ4n) is 2.67. The van der Waals surface area contributed by atoms with Gasteiger partial charge in [-0.15, -0.1) is 0 Å². The van der Waals surface area contributed by atoms with E-state index < -0.39 is 5.60 Å². The zero-order chi connectivity index (χ0) is 11.2. The van der Waals surface area contributed by atoms with Crippen molar-refractivity contribution < 1.29 is 14.5 Å². The molecule has 3 nitrogen and oxygen atoms in total. The first-order valence-corrected chi connectivity index (χ1v) is 5.47. The lowest BCUT2D eigenvalue weighted by atomic mass is 9.79.